The van der Waals surface area contributed by atoms with Crippen LogP contribution in [-0.2, 0) is 0 Å². The molecule has 5 heteroatoms. The molecule has 0 spiro atoms. The first-order valence-electron chi connectivity index (χ1n) is 20.0. The first-order chi connectivity index (χ1) is 29.7. The molecule has 2 heterocycles. The number of rotatable bonds is 9. The van der Waals surface area contributed by atoms with Crippen molar-refractivity contribution in [3.63, 3.8) is 0 Å². The fourth-order valence-electron chi connectivity index (χ4n) is 7.49. The molecule has 10 rings (SSSR count). The zero-order chi connectivity index (χ0) is 40.1. The lowest BCUT2D eigenvalue weighted by Gasteiger charge is -2.12. The zero-order valence-electron chi connectivity index (χ0n) is 32.6. The number of nitrogens with zero attached hydrogens (tertiary/aromatic N) is 5. The van der Waals surface area contributed by atoms with Gasteiger partial charge in [-0.2, -0.15) is 0 Å². The number of aromatic nitrogens is 5. The van der Waals surface area contributed by atoms with Crippen LogP contribution in [0.3, 0.4) is 0 Å². The van der Waals surface area contributed by atoms with Crippen molar-refractivity contribution in [1.82, 2.24) is 24.9 Å². The summed E-state index contributed by atoms with van der Waals surface area (Å²) >= 11 is 0. The van der Waals surface area contributed by atoms with Crippen LogP contribution in [0.2, 0.25) is 0 Å². The molecule has 5 nitrogen and oxygen atoms in total. The predicted molar refractivity (Wildman–Crippen MR) is 244 cm³/mol. The van der Waals surface area contributed by atoms with E-state index in [0.29, 0.717) is 23.3 Å². The van der Waals surface area contributed by atoms with Crippen LogP contribution in [0.1, 0.15) is 0 Å². The molecule has 282 valence electrons. The summed E-state index contributed by atoms with van der Waals surface area (Å²) in [5.41, 5.74) is 14.4. The molecule has 0 fully saturated rings. The van der Waals surface area contributed by atoms with Crippen LogP contribution >= 0.6 is 0 Å². The molecule has 0 amide bonds. The van der Waals surface area contributed by atoms with Gasteiger partial charge in [-0.05, 0) is 45.5 Å². The first-order valence-corrected chi connectivity index (χ1v) is 20.0. The number of hydrogen-bond acceptors (Lipinski definition) is 5. The van der Waals surface area contributed by atoms with E-state index in [9.17, 15) is 0 Å². The molecule has 8 aromatic carbocycles. The Bertz CT molecular complexity index is 2990. The largest absolute Gasteiger partial charge is 0.228 e. The maximum atomic E-state index is 5.19. The summed E-state index contributed by atoms with van der Waals surface area (Å²) in [7, 11) is 0. The summed E-state index contributed by atoms with van der Waals surface area (Å²) < 4.78 is 0. The van der Waals surface area contributed by atoms with E-state index in [4.69, 9.17) is 24.9 Å². The van der Waals surface area contributed by atoms with Gasteiger partial charge < -0.3 is 0 Å². The van der Waals surface area contributed by atoms with Crippen molar-refractivity contribution in [1.29, 1.82) is 0 Å². The lowest BCUT2D eigenvalue weighted by Crippen LogP contribution is -2.00. The molecule has 60 heavy (non-hydrogen) atoms. The topological polar surface area (TPSA) is 64.5 Å². The first kappa shape index (κ1) is 36.2. The van der Waals surface area contributed by atoms with Gasteiger partial charge in [0.25, 0.3) is 0 Å². The van der Waals surface area contributed by atoms with Gasteiger partial charge in [-0.25, -0.2) is 24.9 Å². The van der Waals surface area contributed by atoms with Crippen molar-refractivity contribution in [2.75, 3.05) is 0 Å². The number of hydrogen-bond donors (Lipinski definition) is 0. The molecule has 0 aliphatic heterocycles. The van der Waals surface area contributed by atoms with E-state index < -0.39 is 0 Å². The molecule has 0 bridgehead atoms. The van der Waals surface area contributed by atoms with Crippen LogP contribution in [0, 0.1) is 0 Å². The molecule has 0 saturated carbocycles. The monoisotopic (exact) mass is 767 g/mol. The van der Waals surface area contributed by atoms with Crippen LogP contribution in [0.5, 0.6) is 0 Å². The van der Waals surface area contributed by atoms with Gasteiger partial charge in [-0.15, -0.1) is 0 Å². The van der Waals surface area contributed by atoms with E-state index in [2.05, 4.69) is 146 Å². The van der Waals surface area contributed by atoms with Crippen molar-refractivity contribution >= 4 is 0 Å². The Morgan fingerprint density at radius 1 is 0.183 bits per heavy atom. The van der Waals surface area contributed by atoms with Crippen LogP contribution < -0.4 is 0 Å². The van der Waals surface area contributed by atoms with Crippen LogP contribution in [0.15, 0.2) is 224 Å². The molecular formula is C55H37N5. The third kappa shape index (κ3) is 7.63. The van der Waals surface area contributed by atoms with Crippen LogP contribution in [-0.4, -0.2) is 24.9 Å². The molecular weight excluding hydrogens is 731 g/mol. The van der Waals surface area contributed by atoms with E-state index in [1.165, 1.54) is 16.7 Å². The van der Waals surface area contributed by atoms with Crippen molar-refractivity contribution in [2.45, 2.75) is 0 Å². The highest BCUT2D eigenvalue weighted by Gasteiger charge is 2.15. The summed E-state index contributed by atoms with van der Waals surface area (Å²) in [5.74, 6) is 2.57. The second-order valence-electron chi connectivity index (χ2n) is 14.5. The quantitative estimate of drug-likeness (QED) is 0.146. The Kier molecular flexibility index (Phi) is 9.88. The third-order valence-corrected chi connectivity index (χ3v) is 10.6. The minimum atomic E-state index is 0.624. The van der Waals surface area contributed by atoms with E-state index in [0.717, 1.165) is 61.5 Å². The minimum absolute atomic E-state index is 0.624. The van der Waals surface area contributed by atoms with Gasteiger partial charge in [-0.1, -0.05) is 212 Å². The SMILES string of the molecule is c1ccc(-c2cc(-c3cccc(-c4ccc(-c5nc(-c6ccccc6)nc(-c6ccccc6)n5)cc4)c3)nc(-c3ccc(-c4ccccc4-c4ccccc4)cc3)n2)cc1. The molecule has 0 N–H and O–H groups in total. The normalized spacial score (nSPS) is 11.0. The second-order valence-corrected chi connectivity index (χ2v) is 14.5. The van der Waals surface area contributed by atoms with Gasteiger partial charge in [-0.3, -0.25) is 0 Å². The minimum Gasteiger partial charge on any atom is -0.228 e. The molecule has 0 unspecified atom stereocenters. The summed E-state index contributed by atoms with van der Waals surface area (Å²) in [6, 6.07) is 77.1. The molecule has 0 aliphatic carbocycles. The standard InChI is InChI=1S/C55H37N5/c1-5-16-39(17-6-1)48-26-13-14-27-49(48)40-30-34-44(35-31-40)52-56-50(41-18-7-2-8-19-41)37-51(57-52)47-25-15-24-46(36-47)38-28-32-45(33-29-38)55-59-53(42-20-9-3-10-21-42)58-54(60-55)43-22-11-4-12-23-43/h1-37H. The fourth-order valence-corrected chi connectivity index (χ4v) is 7.49. The molecule has 0 atom stereocenters. The molecule has 10 aromatic rings. The van der Waals surface area contributed by atoms with E-state index in [1.54, 1.807) is 0 Å². The highest BCUT2D eigenvalue weighted by atomic mass is 15.0. The molecule has 0 saturated heterocycles. The number of benzene rings is 8. The second kappa shape index (κ2) is 16.4. The summed E-state index contributed by atoms with van der Waals surface area (Å²) in [4.78, 5) is 25.0. The predicted octanol–water partition coefficient (Wildman–Crippen LogP) is 13.7. The highest BCUT2D eigenvalue weighted by molar-refractivity contribution is 5.84. The average molecular weight is 768 g/mol. The van der Waals surface area contributed by atoms with Gasteiger partial charge in [0.2, 0.25) is 0 Å². The van der Waals surface area contributed by atoms with Gasteiger partial charge in [0.1, 0.15) is 0 Å². The average Bonchev–Trinajstić information content (AvgIpc) is 3.35. The van der Waals surface area contributed by atoms with Gasteiger partial charge in [0.05, 0.1) is 11.4 Å². The zero-order valence-corrected chi connectivity index (χ0v) is 32.6. The van der Waals surface area contributed by atoms with Gasteiger partial charge in [0, 0.05) is 33.4 Å². The summed E-state index contributed by atoms with van der Waals surface area (Å²) in [6.45, 7) is 0. The van der Waals surface area contributed by atoms with Crippen LogP contribution in [0.25, 0.3) is 101 Å². The van der Waals surface area contributed by atoms with Crippen molar-refractivity contribution < 1.29 is 0 Å². The lowest BCUT2D eigenvalue weighted by atomic mass is 9.94. The molecule has 0 aliphatic rings. The Labute approximate surface area is 349 Å². The Morgan fingerprint density at radius 3 is 1.00 bits per heavy atom. The molecule has 2 aromatic heterocycles. The maximum Gasteiger partial charge on any atom is 0.164 e. The van der Waals surface area contributed by atoms with Crippen molar-refractivity contribution in [2.24, 2.45) is 0 Å². The smallest absolute Gasteiger partial charge is 0.164 e. The third-order valence-electron chi connectivity index (χ3n) is 10.6. The Morgan fingerprint density at radius 2 is 0.500 bits per heavy atom. The summed E-state index contributed by atoms with van der Waals surface area (Å²) in [5, 5.41) is 0. The maximum absolute atomic E-state index is 5.19. The van der Waals surface area contributed by atoms with E-state index in [-0.39, 0.29) is 0 Å². The van der Waals surface area contributed by atoms with Crippen molar-refractivity contribution in [3.8, 4) is 101 Å². The highest BCUT2D eigenvalue weighted by Crippen LogP contribution is 2.35. The van der Waals surface area contributed by atoms with E-state index in [1.807, 2.05) is 78.9 Å². The Balaban J connectivity index is 0.987. The molecule has 0 radical (unpaired) electrons. The van der Waals surface area contributed by atoms with Crippen molar-refractivity contribution in [3.05, 3.63) is 224 Å². The fraction of sp³-hybridized carbons (Fsp3) is 0. The lowest BCUT2D eigenvalue weighted by molar-refractivity contribution is 1.07. The van der Waals surface area contributed by atoms with Gasteiger partial charge >= 0.3 is 0 Å². The summed E-state index contributed by atoms with van der Waals surface area (Å²) in [6.07, 6.45) is 0. The Hall–Kier alpha value is -8.15. The van der Waals surface area contributed by atoms with E-state index >= 15 is 0 Å². The van der Waals surface area contributed by atoms with Gasteiger partial charge in [0.15, 0.2) is 23.3 Å². The van der Waals surface area contributed by atoms with Crippen LogP contribution in [0.4, 0.5) is 0 Å².